The molecule has 1 aromatic heterocycles. The molecular weight excluding hydrogens is 158 g/mol. The van der Waals surface area contributed by atoms with Crippen molar-refractivity contribution in [3.8, 4) is 0 Å². The van der Waals surface area contributed by atoms with Crippen LogP contribution in [0.4, 0.5) is 0 Å². The van der Waals surface area contributed by atoms with Crippen LogP contribution in [0.5, 0.6) is 0 Å². The average molecular weight is 171 g/mol. The van der Waals surface area contributed by atoms with Gasteiger partial charge < -0.3 is 9.63 Å². The van der Waals surface area contributed by atoms with Crippen molar-refractivity contribution in [2.24, 2.45) is 0 Å². The largest absolute Gasteiger partial charge is 0.483 e. The van der Waals surface area contributed by atoms with E-state index in [4.69, 9.17) is 14.4 Å². The summed E-state index contributed by atoms with van der Waals surface area (Å²) in [5, 5.41) is 10.7. The van der Waals surface area contributed by atoms with Gasteiger partial charge >= 0.3 is 0 Å². The summed E-state index contributed by atoms with van der Waals surface area (Å²) in [5.41, 5.74) is 1.03. The van der Waals surface area contributed by atoms with Gasteiger partial charge in [0.2, 0.25) is 0 Å². The molecule has 0 spiro atoms. The molecule has 0 aliphatic rings. The quantitative estimate of drug-likeness (QED) is 0.654. The molecule has 0 aliphatic heterocycles. The number of aromatic nitrogens is 1. The lowest BCUT2D eigenvalue weighted by Crippen LogP contribution is -1.84. The molecule has 0 aromatic carbocycles. The number of rotatable bonds is 1. The summed E-state index contributed by atoms with van der Waals surface area (Å²) in [6.07, 6.45) is 0. The van der Waals surface area contributed by atoms with Crippen LogP contribution >= 0.6 is 0 Å². The van der Waals surface area contributed by atoms with Crippen molar-refractivity contribution in [2.75, 3.05) is 0 Å². The molecule has 0 amide bonds. The van der Waals surface area contributed by atoms with E-state index in [0.717, 1.165) is 11.5 Å². The summed E-state index contributed by atoms with van der Waals surface area (Å²) >= 11 is 0. The van der Waals surface area contributed by atoms with Gasteiger partial charge in [-0.3, -0.25) is 4.79 Å². The first-order chi connectivity index (χ1) is 5.61. The molecule has 0 unspecified atom stereocenters. The SMILES string of the molecule is Cc1cc(C(C)C)no1.O=CO. The van der Waals surface area contributed by atoms with Gasteiger partial charge in [-0.25, -0.2) is 0 Å². The van der Waals surface area contributed by atoms with E-state index in [9.17, 15) is 0 Å². The third-order valence-corrected chi connectivity index (χ3v) is 1.24. The topological polar surface area (TPSA) is 63.3 Å². The fraction of sp³-hybridized carbons (Fsp3) is 0.500. The minimum Gasteiger partial charge on any atom is -0.483 e. The predicted octanol–water partition coefficient (Wildman–Crippen LogP) is 1.81. The Balaban J connectivity index is 0.000000354. The zero-order valence-corrected chi connectivity index (χ0v) is 7.44. The molecule has 0 radical (unpaired) electrons. The highest BCUT2D eigenvalue weighted by atomic mass is 16.5. The highest BCUT2D eigenvalue weighted by Crippen LogP contribution is 2.12. The first-order valence-electron chi connectivity index (χ1n) is 3.62. The summed E-state index contributed by atoms with van der Waals surface area (Å²) in [4.78, 5) is 8.36. The molecule has 1 N–H and O–H groups in total. The van der Waals surface area contributed by atoms with Crippen LogP contribution in [0.2, 0.25) is 0 Å². The van der Waals surface area contributed by atoms with Gasteiger partial charge in [0.05, 0.1) is 5.69 Å². The summed E-state index contributed by atoms with van der Waals surface area (Å²) in [5.74, 6) is 1.36. The molecule has 1 aromatic rings. The van der Waals surface area contributed by atoms with Gasteiger partial charge in [0.25, 0.3) is 6.47 Å². The summed E-state index contributed by atoms with van der Waals surface area (Å²) in [7, 11) is 0. The molecule has 68 valence electrons. The van der Waals surface area contributed by atoms with Crippen LogP contribution in [0.25, 0.3) is 0 Å². The summed E-state index contributed by atoms with van der Waals surface area (Å²) in [6, 6.07) is 1.96. The van der Waals surface area contributed by atoms with Gasteiger partial charge in [0.15, 0.2) is 0 Å². The molecule has 0 fully saturated rings. The Morgan fingerprint density at radius 1 is 1.67 bits per heavy atom. The Morgan fingerprint density at radius 3 is 2.33 bits per heavy atom. The highest BCUT2D eigenvalue weighted by Gasteiger charge is 2.02. The summed E-state index contributed by atoms with van der Waals surface area (Å²) in [6.45, 7) is 5.84. The number of aryl methyl sites for hydroxylation is 1. The first kappa shape index (κ1) is 10.7. The molecular formula is C8H13NO3. The van der Waals surface area contributed by atoms with Crippen molar-refractivity contribution < 1.29 is 14.4 Å². The van der Waals surface area contributed by atoms with Gasteiger partial charge in [-0.1, -0.05) is 19.0 Å². The molecule has 4 nitrogen and oxygen atoms in total. The van der Waals surface area contributed by atoms with Gasteiger partial charge in [-0.2, -0.15) is 0 Å². The maximum Gasteiger partial charge on any atom is 0.290 e. The van der Waals surface area contributed by atoms with Crippen LogP contribution in [-0.2, 0) is 4.79 Å². The number of carbonyl (C=O) groups is 1. The van der Waals surface area contributed by atoms with Crippen molar-refractivity contribution in [2.45, 2.75) is 26.7 Å². The fourth-order valence-corrected chi connectivity index (χ4v) is 0.658. The van der Waals surface area contributed by atoms with Gasteiger partial charge in [-0.15, -0.1) is 0 Å². The van der Waals surface area contributed by atoms with E-state index < -0.39 is 0 Å². The monoisotopic (exact) mass is 171 g/mol. The Morgan fingerprint density at radius 2 is 2.17 bits per heavy atom. The van der Waals surface area contributed by atoms with E-state index in [1.807, 2.05) is 13.0 Å². The number of carboxylic acid groups (broad SMARTS) is 1. The number of hydrogen-bond donors (Lipinski definition) is 1. The van der Waals surface area contributed by atoms with E-state index >= 15 is 0 Å². The van der Waals surface area contributed by atoms with Crippen molar-refractivity contribution >= 4 is 6.47 Å². The molecule has 12 heavy (non-hydrogen) atoms. The Hall–Kier alpha value is -1.32. The van der Waals surface area contributed by atoms with Crippen molar-refractivity contribution in [1.82, 2.24) is 5.16 Å². The lowest BCUT2D eigenvalue weighted by Gasteiger charge is -1.92. The third-order valence-electron chi connectivity index (χ3n) is 1.24. The lowest BCUT2D eigenvalue weighted by atomic mass is 10.1. The second kappa shape index (κ2) is 5.35. The Bertz CT molecular complexity index is 230. The normalized spacial score (nSPS) is 9.00. The van der Waals surface area contributed by atoms with E-state index in [1.54, 1.807) is 0 Å². The van der Waals surface area contributed by atoms with Crippen LogP contribution in [0.15, 0.2) is 10.6 Å². The fourth-order valence-electron chi connectivity index (χ4n) is 0.658. The van der Waals surface area contributed by atoms with Crippen molar-refractivity contribution in [3.63, 3.8) is 0 Å². The maximum atomic E-state index is 8.36. The van der Waals surface area contributed by atoms with Gasteiger partial charge in [-0.05, 0) is 12.8 Å². The van der Waals surface area contributed by atoms with Crippen molar-refractivity contribution in [3.05, 3.63) is 17.5 Å². The van der Waals surface area contributed by atoms with Gasteiger partial charge in [0, 0.05) is 6.07 Å². The standard InChI is InChI=1S/C7H11NO.CH2O2/c1-5(2)7-4-6(3)9-8-7;2-1-3/h4-5H,1-3H3;1H,(H,2,3). The minimum absolute atomic E-state index is 0.250. The second-order valence-corrected chi connectivity index (χ2v) is 2.62. The van der Waals surface area contributed by atoms with Crippen LogP contribution in [-0.4, -0.2) is 16.7 Å². The number of hydrogen-bond acceptors (Lipinski definition) is 3. The van der Waals surface area contributed by atoms with E-state index in [1.165, 1.54) is 0 Å². The van der Waals surface area contributed by atoms with Crippen LogP contribution in [0.3, 0.4) is 0 Å². The zero-order chi connectivity index (χ0) is 9.56. The van der Waals surface area contributed by atoms with E-state index in [2.05, 4.69) is 19.0 Å². The predicted molar refractivity (Wildman–Crippen MR) is 44.0 cm³/mol. The summed E-state index contributed by atoms with van der Waals surface area (Å²) < 4.78 is 4.88. The highest BCUT2D eigenvalue weighted by molar-refractivity contribution is 5.32. The van der Waals surface area contributed by atoms with E-state index in [0.29, 0.717) is 5.92 Å². The van der Waals surface area contributed by atoms with E-state index in [-0.39, 0.29) is 6.47 Å². The number of nitrogens with zero attached hydrogens (tertiary/aromatic N) is 1. The third kappa shape index (κ3) is 3.75. The zero-order valence-electron chi connectivity index (χ0n) is 7.44. The lowest BCUT2D eigenvalue weighted by molar-refractivity contribution is -0.122. The average Bonchev–Trinajstić information content (AvgIpc) is 2.37. The smallest absolute Gasteiger partial charge is 0.290 e. The molecule has 0 bridgehead atoms. The second-order valence-electron chi connectivity index (χ2n) is 2.62. The molecule has 1 heterocycles. The van der Waals surface area contributed by atoms with Crippen LogP contribution < -0.4 is 0 Å². The minimum atomic E-state index is -0.250. The maximum absolute atomic E-state index is 8.36. The Kier molecular flexibility index (Phi) is 4.76. The van der Waals surface area contributed by atoms with Crippen molar-refractivity contribution in [1.29, 1.82) is 0 Å². The Labute approximate surface area is 71.2 Å². The molecule has 0 aliphatic carbocycles. The first-order valence-corrected chi connectivity index (χ1v) is 3.62. The van der Waals surface area contributed by atoms with Crippen LogP contribution in [0, 0.1) is 6.92 Å². The molecule has 1 rings (SSSR count). The van der Waals surface area contributed by atoms with Crippen LogP contribution in [0.1, 0.15) is 31.2 Å². The van der Waals surface area contributed by atoms with Gasteiger partial charge in [0.1, 0.15) is 5.76 Å². The molecule has 0 saturated heterocycles. The molecule has 0 atom stereocenters. The molecule has 0 saturated carbocycles. The molecule has 4 heteroatoms.